The Bertz CT molecular complexity index is 1080. The van der Waals surface area contributed by atoms with Gasteiger partial charge in [0.1, 0.15) is 12.4 Å². The third-order valence-electron chi connectivity index (χ3n) is 5.18. The van der Waals surface area contributed by atoms with E-state index in [4.69, 9.17) is 14.2 Å². The normalized spacial score (nSPS) is 12.5. The number of hydrogen-bond donors (Lipinski definition) is 1. The Morgan fingerprint density at radius 3 is 2.65 bits per heavy atom. The van der Waals surface area contributed by atoms with Crippen molar-refractivity contribution >= 4 is 11.6 Å². The zero-order chi connectivity index (χ0) is 21.8. The molecule has 0 aliphatic heterocycles. The molecule has 1 aromatic heterocycles. The van der Waals surface area contributed by atoms with Crippen molar-refractivity contribution in [2.75, 3.05) is 32.8 Å². The Labute approximate surface area is 179 Å². The molecule has 0 spiro atoms. The predicted molar refractivity (Wildman–Crippen MR) is 114 cm³/mol. The fourth-order valence-electron chi connectivity index (χ4n) is 3.71. The van der Waals surface area contributed by atoms with Crippen molar-refractivity contribution in [3.63, 3.8) is 0 Å². The second-order valence-corrected chi connectivity index (χ2v) is 7.18. The second kappa shape index (κ2) is 9.18. The third kappa shape index (κ3) is 4.39. The highest BCUT2D eigenvalue weighted by Gasteiger charge is 2.27. The van der Waals surface area contributed by atoms with E-state index < -0.39 is 0 Å². The monoisotopic (exact) mass is 425 g/mol. The number of hydrogen-bond acceptors (Lipinski definition) is 5. The molecule has 162 valence electrons. The zero-order valence-corrected chi connectivity index (χ0v) is 17.5. The van der Waals surface area contributed by atoms with Crippen LogP contribution >= 0.6 is 0 Å². The molecule has 3 aromatic rings. The smallest absolute Gasteiger partial charge is 0.276 e. The van der Waals surface area contributed by atoms with E-state index >= 15 is 0 Å². The minimum Gasteiger partial charge on any atom is -0.493 e. The Morgan fingerprint density at radius 1 is 1.10 bits per heavy atom. The molecule has 1 aliphatic rings. The van der Waals surface area contributed by atoms with Crippen LogP contribution in [0.5, 0.6) is 11.5 Å². The molecule has 1 amide bonds. The molecule has 0 bridgehead atoms. The summed E-state index contributed by atoms with van der Waals surface area (Å²) in [5.74, 6) is 0.468. The summed E-state index contributed by atoms with van der Waals surface area (Å²) in [6.07, 6.45) is 2.56. The SMILES string of the molecule is COCCOc1cc(NC(=O)c2nn(-c3ccc(F)cc3)c3c2CCC3)ccc1OC. The summed E-state index contributed by atoms with van der Waals surface area (Å²) in [5, 5.41) is 7.46. The number of rotatable bonds is 8. The van der Waals surface area contributed by atoms with Gasteiger partial charge in [-0.2, -0.15) is 5.10 Å². The maximum Gasteiger partial charge on any atom is 0.276 e. The van der Waals surface area contributed by atoms with Crippen molar-refractivity contribution in [1.82, 2.24) is 9.78 Å². The lowest BCUT2D eigenvalue weighted by Crippen LogP contribution is -2.15. The van der Waals surface area contributed by atoms with Gasteiger partial charge in [0.25, 0.3) is 5.91 Å². The van der Waals surface area contributed by atoms with Gasteiger partial charge in [-0.15, -0.1) is 0 Å². The number of halogens is 1. The molecule has 0 fully saturated rings. The molecule has 0 atom stereocenters. The molecule has 7 nitrogen and oxygen atoms in total. The molecule has 1 aliphatic carbocycles. The minimum atomic E-state index is -0.312. The second-order valence-electron chi connectivity index (χ2n) is 7.18. The summed E-state index contributed by atoms with van der Waals surface area (Å²) in [6, 6.07) is 11.3. The number of aromatic nitrogens is 2. The lowest BCUT2D eigenvalue weighted by Gasteiger charge is -2.12. The van der Waals surface area contributed by atoms with E-state index in [0.717, 1.165) is 36.2 Å². The Balaban J connectivity index is 1.59. The number of nitrogens with zero attached hydrogens (tertiary/aromatic N) is 2. The Morgan fingerprint density at radius 2 is 1.90 bits per heavy atom. The number of benzene rings is 2. The zero-order valence-electron chi connectivity index (χ0n) is 17.5. The lowest BCUT2D eigenvalue weighted by atomic mass is 10.2. The summed E-state index contributed by atoms with van der Waals surface area (Å²) in [6.45, 7) is 0.798. The molecule has 0 radical (unpaired) electrons. The number of nitrogens with one attached hydrogen (secondary N) is 1. The quantitative estimate of drug-likeness (QED) is 0.556. The molecule has 0 saturated heterocycles. The first kappa shape index (κ1) is 20.9. The summed E-state index contributed by atoms with van der Waals surface area (Å²) in [5.41, 5.74) is 3.62. The van der Waals surface area contributed by atoms with Gasteiger partial charge in [0.05, 0.1) is 19.4 Å². The van der Waals surface area contributed by atoms with Crippen LogP contribution in [0, 0.1) is 5.82 Å². The van der Waals surface area contributed by atoms with Gasteiger partial charge in [-0.25, -0.2) is 9.07 Å². The fourth-order valence-corrected chi connectivity index (χ4v) is 3.71. The lowest BCUT2D eigenvalue weighted by molar-refractivity contribution is 0.102. The van der Waals surface area contributed by atoms with Crippen LogP contribution in [0.25, 0.3) is 5.69 Å². The topological polar surface area (TPSA) is 74.6 Å². The Hall–Kier alpha value is -3.39. The van der Waals surface area contributed by atoms with Gasteiger partial charge in [0, 0.05) is 30.1 Å². The van der Waals surface area contributed by atoms with Crippen molar-refractivity contribution in [3.05, 3.63) is 65.2 Å². The van der Waals surface area contributed by atoms with Gasteiger partial charge in [-0.3, -0.25) is 4.79 Å². The average Bonchev–Trinajstić information content (AvgIpc) is 3.38. The number of anilines is 1. The highest BCUT2D eigenvalue weighted by molar-refractivity contribution is 6.04. The minimum absolute atomic E-state index is 0.299. The molecule has 2 aromatic carbocycles. The molecular weight excluding hydrogens is 401 g/mol. The van der Waals surface area contributed by atoms with E-state index in [1.807, 2.05) is 0 Å². The van der Waals surface area contributed by atoms with Gasteiger partial charge >= 0.3 is 0 Å². The van der Waals surface area contributed by atoms with Gasteiger partial charge in [0.2, 0.25) is 0 Å². The largest absolute Gasteiger partial charge is 0.493 e. The van der Waals surface area contributed by atoms with E-state index in [1.54, 1.807) is 49.2 Å². The third-order valence-corrected chi connectivity index (χ3v) is 5.18. The van der Waals surface area contributed by atoms with E-state index in [2.05, 4.69) is 10.4 Å². The van der Waals surface area contributed by atoms with Crippen molar-refractivity contribution in [3.8, 4) is 17.2 Å². The number of ether oxygens (including phenoxy) is 3. The summed E-state index contributed by atoms with van der Waals surface area (Å²) in [7, 11) is 3.16. The molecule has 0 unspecified atom stereocenters. The first-order chi connectivity index (χ1) is 15.1. The number of amides is 1. The number of carbonyl (C=O) groups excluding carboxylic acids is 1. The van der Waals surface area contributed by atoms with E-state index in [1.165, 1.54) is 12.1 Å². The maximum absolute atomic E-state index is 13.3. The first-order valence-corrected chi connectivity index (χ1v) is 10.1. The fraction of sp³-hybridized carbons (Fsp3) is 0.304. The van der Waals surface area contributed by atoms with Crippen LogP contribution in [-0.2, 0) is 17.6 Å². The van der Waals surface area contributed by atoms with Gasteiger partial charge in [-0.1, -0.05) is 0 Å². The molecule has 31 heavy (non-hydrogen) atoms. The van der Waals surface area contributed by atoms with Crippen molar-refractivity contribution in [2.45, 2.75) is 19.3 Å². The van der Waals surface area contributed by atoms with Crippen molar-refractivity contribution in [1.29, 1.82) is 0 Å². The average molecular weight is 425 g/mol. The van der Waals surface area contributed by atoms with Crippen LogP contribution in [0.15, 0.2) is 42.5 Å². The van der Waals surface area contributed by atoms with Crippen LogP contribution in [0.1, 0.15) is 28.2 Å². The molecular formula is C23H24FN3O4. The van der Waals surface area contributed by atoms with Crippen LogP contribution in [0.4, 0.5) is 10.1 Å². The number of fused-ring (bicyclic) bond motifs is 1. The van der Waals surface area contributed by atoms with E-state index in [0.29, 0.717) is 36.1 Å². The number of carbonyl (C=O) groups is 1. The van der Waals surface area contributed by atoms with Gasteiger partial charge < -0.3 is 19.5 Å². The van der Waals surface area contributed by atoms with Crippen LogP contribution in [0.2, 0.25) is 0 Å². The summed E-state index contributed by atoms with van der Waals surface area (Å²) in [4.78, 5) is 13.1. The highest BCUT2D eigenvalue weighted by Crippen LogP contribution is 2.32. The highest BCUT2D eigenvalue weighted by atomic mass is 19.1. The van der Waals surface area contributed by atoms with Crippen molar-refractivity contribution in [2.24, 2.45) is 0 Å². The first-order valence-electron chi connectivity index (χ1n) is 10.1. The summed E-state index contributed by atoms with van der Waals surface area (Å²) >= 11 is 0. The maximum atomic E-state index is 13.3. The summed E-state index contributed by atoms with van der Waals surface area (Å²) < 4.78 is 31.1. The molecule has 8 heteroatoms. The molecule has 1 heterocycles. The van der Waals surface area contributed by atoms with E-state index in [-0.39, 0.29) is 11.7 Å². The van der Waals surface area contributed by atoms with Gasteiger partial charge in [-0.05, 0) is 55.7 Å². The molecule has 4 rings (SSSR count). The van der Waals surface area contributed by atoms with Crippen LogP contribution < -0.4 is 14.8 Å². The van der Waals surface area contributed by atoms with Gasteiger partial charge in [0.15, 0.2) is 17.2 Å². The number of methoxy groups -OCH3 is 2. The Kier molecular flexibility index (Phi) is 6.18. The van der Waals surface area contributed by atoms with E-state index in [9.17, 15) is 9.18 Å². The standard InChI is InChI=1S/C23H24FN3O4/c1-29-12-13-31-21-14-16(8-11-20(21)30-2)25-23(28)22-18-4-3-5-19(18)27(26-22)17-9-6-15(24)7-10-17/h6-11,14H,3-5,12-13H2,1-2H3,(H,25,28). The van der Waals surface area contributed by atoms with Crippen LogP contribution in [0.3, 0.4) is 0 Å². The molecule has 1 N–H and O–H groups in total. The molecule has 0 saturated carbocycles. The predicted octanol–water partition coefficient (Wildman–Crippen LogP) is 3.79. The van der Waals surface area contributed by atoms with Crippen LogP contribution in [-0.4, -0.2) is 43.1 Å². The van der Waals surface area contributed by atoms with Crippen molar-refractivity contribution < 1.29 is 23.4 Å².